The molecule has 0 amide bonds. The fourth-order valence-electron chi connectivity index (χ4n) is 2.10. The highest BCUT2D eigenvalue weighted by Gasteiger charge is 2.07. The standard InChI is InChI=1S/C19H17FO3/c1-22-17-9-4-7-15(13-17)18(10-5-11-19(21)23-2)14-6-3-8-16(20)12-14/h3-13H,1-2H3/b11-5+,18-10-. The molecule has 0 aliphatic heterocycles. The third-order valence-electron chi connectivity index (χ3n) is 3.21. The molecule has 0 aliphatic rings. The van der Waals surface area contributed by atoms with Crippen molar-refractivity contribution >= 4 is 11.5 Å². The zero-order valence-electron chi connectivity index (χ0n) is 13.0. The van der Waals surface area contributed by atoms with Crippen molar-refractivity contribution in [3.63, 3.8) is 0 Å². The van der Waals surface area contributed by atoms with Gasteiger partial charge in [-0.05, 0) is 41.0 Å². The van der Waals surface area contributed by atoms with Crippen LogP contribution in [0.5, 0.6) is 5.75 Å². The first-order valence-electron chi connectivity index (χ1n) is 7.00. The van der Waals surface area contributed by atoms with Crippen molar-refractivity contribution in [3.05, 3.63) is 83.7 Å². The molecule has 0 N–H and O–H groups in total. The summed E-state index contributed by atoms with van der Waals surface area (Å²) in [6.45, 7) is 0. The van der Waals surface area contributed by atoms with E-state index in [1.165, 1.54) is 25.3 Å². The Hall–Kier alpha value is -2.88. The van der Waals surface area contributed by atoms with Crippen molar-refractivity contribution in [3.8, 4) is 5.75 Å². The predicted molar refractivity (Wildman–Crippen MR) is 87.6 cm³/mol. The molecule has 2 aromatic rings. The number of allylic oxidation sites excluding steroid dienone is 2. The maximum absolute atomic E-state index is 13.5. The normalized spacial score (nSPS) is 11.5. The van der Waals surface area contributed by atoms with E-state index >= 15 is 0 Å². The van der Waals surface area contributed by atoms with Gasteiger partial charge in [-0.15, -0.1) is 0 Å². The van der Waals surface area contributed by atoms with Gasteiger partial charge in [0.25, 0.3) is 0 Å². The Labute approximate surface area is 134 Å². The summed E-state index contributed by atoms with van der Waals surface area (Å²) in [5, 5.41) is 0. The molecule has 2 aromatic carbocycles. The van der Waals surface area contributed by atoms with E-state index in [9.17, 15) is 9.18 Å². The van der Waals surface area contributed by atoms with Crippen molar-refractivity contribution in [1.29, 1.82) is 0 Å². The quantitative estimate of drug-likeness (QED) is 0.476. The minimum Gasteiger partial charge on any atom is -0.497 e. The third-order valence-corrected chi connectivity index (χ3v) is 3.21. The van der Waals surface area contributed by atoms with Crippen LogP contribution in [0.4, 0.5) is 4.39 Å². The molecule has 118 valence electrons. The first-order valence-corrected chi connectivity index (χ1v) is 7.00. The maximum atomic E-state index is 13.5. The van der Waals surface area contributed by atoms with Gasteiger partial charge < -0.3 is 9.47 Å². The van der Waals surface area contributed by atoms with Gasteiger partial charge in [-0.25, -0.2) is 9.18 Å². The van der Waals surface area contributed by atoms with E-state index < -0.39 is 5.97 Å². The molecule has 0 saturated heterocycles. The number of hydrogen-bond donors (Lipinski definition) is 0. The number of ether oxygens (including phenoxy) is 2. The van der Waals surface area contributed by atoms with E-state index in [4.69, 9.17) is 4.74 Å². The van der Waals surface area contributed by atoms with Gasteiger partial charge in [0, 0.05) is 6.08 Å². The third kappa shape index (κ3) is 4.54. The van der Waals surface area contributed by atoms with E-state index in [0.717, 1.165) is 11.1 Å². The van der Waals surface area contributed by atoms with Gasteiger partial charge in [-0.3, -0.25) is 0 Å². The molecule has 0 saturated carbocycles. The van der Waals surface area contributed by atoms with Crippen LogP contribution in [-0.4, -0.2) is 20.2 Å². The number of benzene rings is 2. The molecule has 0 unspecified atom stereocenters. The Balaban J connectivity index is 2.48. The molecule has 0 radical (unpaired) electrons. The molecule has 0 aliphatic carbocycles. The summed E-state index contributed by atoms with van der Waals surface area (Å²) in [5.74, 6) is -0.0829. The summed E-state index contributed by atoms with van der Waals surface area (Å²) in [6, 6.07) is 13.7. The number of carbonyl (C=O) groups is 1. The molecule has 23 heavy (non-hydrogen) atoms. The Morgan fingerprint density at radius 2 is 1.74 bits per heavy atom. The summed E-state index contributed by atoms with van der Waals surface area (Å²) in [4.78, 5) is 11.2. The van der Waals surface area contributed by atoms with E-state index in [0.29, 0.717) is 11.3 Å². The maximum Gasteiger partial charge on any atom is 0.330 e. The van der Waals surface area contributed by atoms with Crippen LogP contribution in [-0.2, 0) is 9.53 Å². The van der Waals surface area contributed by atoms with Crippen LogP contribution in [0.3, 0.4) is 0 Å². The van der Waals surface area contributed by atoms with Crippen molar-refractivity contribution in [1.82, 2.24) is 0 Å². The van der Waals surface area contributed by atoms with Crippen LogP contribution in [0, 0.1) is 5.82 Å². The van der Waals surface area contributed by atoms with Crippen LogP contribution in [0.1, 0.15) is 11.1 Å². The van der Waals surface area contributed by atoms with Crippen molar-refractivity contribution in [2.45, 2.75) is 0 Å². The highest BCUT2D eigenvalue weighted by Crippen LogP contribution is 2.27. The number of carbonyl (C=O) groups excluding carboxylic acids is 1. The van der Waals surface area contributed by atoms with Gasteiger partial charge in [-0.2, -0.15) is 0 Å². The number of halogens is 1. The lowest BCUT2D eigenvalue weighted by molar-refractivity contribution is -0.134. The second-order valence-electron chi connectivity index (χ2n) is 4.70. The first-order chi connectivity index (χ1) is 11.1. The molecule has 4 heteroatoms. The van der Waals surface area contributed by atoms with E-state index in [-0.39, 0.29) is 5.82 Å². The smallest absolute Gasteiger partial charge is 0.330 e. The molecular formula is C19H17FO3. The topological polar surface area (TPSA) is 35.5 Å². The van der Waals surface area contributed by atoms with Crippen molar-refractivity contribution in [2.75, 3.05) is 14.2 Å². The summed E-state index contributed by atoms with van der Waals surface area (Å²) in [6.07, 6.45) is 4.62. The molecular weight excluding hydrogens is 295 g/mol. The molecule has 0 heterocycles. The number of esters is 1. The van der Waals surface area contributed by atoms with Crippen LogP contribution in [0.2, 0.25) is 0 Å². The zero-order valence-corrected chi connectivity index (χ0v) is 13.0. The molecule has 0 fully saturated rings. The first kappa shape index (κ1) is 16.5. The van der Waals surface area contributed by atoms with Gasteiger partial charge >= 0.3 is 5.97 Å². The molecule has 0 bridgehead atoms. The average molecular weight is 312 g/mol. The van der Waals surface area contributed by atoms with Crippen LogP contribution < -0.4 is 4.74 Å². The Morgan fingerprint density at radius 1 is 1.04 bits per heavy atom. The molecule has 0 spiro atoms. The lowest BCUT2D eigenvalue weighted by atomic mass is 9.97. The second kappa shape index (κ2) is 7.94. The van der Waals surface area contributed by atoms with E-state index in [1.807, 2.05) is 24.3 Å². The fourth-order valence-corrected chi connectivity index (χ4v) is 2.10. The van der Waals surface area contributed by atoms with Crippen molar-refractivity contribution < 1.29 is 18.7 Å². The molecule has 0 atom stereocenters. The van der Waals surface area contributed by atoms with E-state index in [2.05, 4.69) is 4.74 Å². The van der Waals surface area contributed by atoms with Gasteiger partial charge in [0.2, 0.25) is 0 Å². The molecule has 3 nitrogen and oxygen atoms in total. The van der Waals surface area contributed by atoms with Crippen molar-refractivity contribution in [2.24, 2.45) is 0 Å². The minimum absolute atomic E-state index is 0.326. The fraction of sp³-hybridized carbons (Fsp3) is 0.105. The minimum atomic E-state index is -0.453. The predicted octanol–water partition coefficient (Wildman–Crippen LogP) is 4.00. The van der Waals surface area contributed by atoms with Gasteiger partial charge in [0.15, 0.2) is 0 Å². The number of rotatable bonds is 5. The summed E-state index contributed by atoms with van der Waals surface area (Å²) in [7, 11) is 2.90. The molecule has 2 rings (SSSR count). The highest BCUT2D eigenvalue weighted by atomic mass is 19.1. The Kier molecular flexibility index (Phi) is 5.69. The monoisotopic (exact) mass is 312 g/mol. The number of methoxy groups -OCH3 is 2. The Bertz CT molecular complexity index is 748. The summed E-state index contributed by atoms with van der Waals surface area (Å²) >= 11 is 0. The summed E-state index contributed by atoms with van der Waals surface area (Å²) in [5.41, 5.74) is 2.32. The van der Waals surface area contributed by atoms with Gasteiger partial charge in [0.05, 0.1) is 14.2 Å². The zero-order chi connectivity index (χ0) is 16.7. The van der Waals surface area contributed by atoms with Gasteiger partial charge in [-0.1, -0.05) is 36.4 Å². The lowest BCUT2D eigenvalue weighted by Gasteiger charge is -2.09. The SMILES string of the molecule is COC(=O)/C=C/C=C(/c1cccc(F)c1)c1cccc(OC)c1. The largest absolute Gasteiger partial charge is 0.497 e. The lowest BCUT2D eigenvalue weighted by Crippen LogP contribution is -1.94. The Morgan fingerprint density at radius 3 is 2.39 bits per heavy atom. The molecule has 0 aromatic heterocycles. The van der Waals surface area contributed by atoms with Crippen LogP contribution in [0.15, 0.2) is 66.8 Å². The number of hydrogen-bond acceptors (Lipinski definition) is 3. The highest BCUT2D eigenvalue weighted by molar-refractivity contribution is 5.85. The van der Waals surface area contributed by atoms with Gasteiger partial charge in [0.1, 0.15) is 11.6 Å². The van der Waals surface area contributed by atoms with Crippen LogP contribution in [0.25, 0.3) is 5.57 Å². The van der Waals surface area contributed by atoms with Crippen LogP contribution >= 0.6 is 0 Å². The van der Waals surface area contributed by atoms with E-state index in [1.54, 1.807) is 31.4 Å². The summed E-state index contributed by atoms with van der Waals surface area (Å²) < 4.78 is 23.3. The average Bonchev–Trinajstić information content (AvgIpc) is 2.58. The second-order valence-corrected chi connectivity index (χ2v) is 4.70.